The Balaban J connectivity index is 1.95. The van der Waals surface area contributed by atoms with Gasteiger partial charge in [-0.3, -0.25) is 4.18 Å². The number of benzene rings is 2. The SMILES string of the molecule is COCOC[C@@H](COS(=O)(=O)c1ccc(C)cc1)OCc1ccccc1. The lowest BCUT2D eigenvalue weighted by Crippen LogP contribution is -2.27. The van der Waals surface area contributed by atoms with Crippen LogP contribution in [0.2, 0.25) is 0 Å². The summed E-state index contributed by atoms with van der Waals surface area (Å²) in [7, 11) is -2.34. The van der Waals surface area contributed by atoms with E-state index in [1.54, 1.807) is 12.1 Å². The molecule has 2 aromatic carbocycles. The minimum atomic E-state index is -3.85. The number of rotatable bonds is 11. The van der Waals surface area contributed by atoms with E-state index in [4.69, 9.17) is 18.4 Å². The summed E-state index contributed by atoms with van der Waals surface area (Å²) in [6.45, 7) is 2.32. The van der Waals surface area contributed by atoms with Gasteiger partial charge in [0.15, 0.2) is 0 Å². The topological polar surface area (TPSA) is 71.1 Å². The smallest absolute Gasteiger partial charge is 0.297 e. The van der Waals surface area contributed by atoms with Crippen molar-refractivity contribution in [3.63, 3.8) is 0 Å². The standard InChI is InChI=1S/C19H24O6S/c1-16-8-10-19(11-9-16)26(20,21)25-14-18(13-23-15-22-2)24-12-17-6-4-3-5-7-17/h3-11,18H,12-15H2,1-2H3/t18-/m0/s1. The summed E-state index contributed by atoms with van der Waals surface area (Å²) >= 11 is 0. The number of hydrogen-bond donors (Lipinski definition) is 0. The van der Waals surface area contributed by atoms with Crippen molar-refractivity contribution < 1.29 is 26.8 Å². The predicted molar refractivity (Wildman–Crippen MR) is 97.2 cm³/mol. The fourth-order valence-corrected chi connectivity index (χ4v) is 3.07. The first-order valence-electron chi connectivity index (χ1n) is 8.19. The first-order valence-corrected chi connectivity index (χ1v) is 9.60. The largest absolute Gasteiger partial charge is 0.369 e. The summed E-state index contributed by atoms with van der Waals surface area (Å²) in [6.07, 6.45) is -0.550. The molecule has 0 unspecified atom stereocenters. The minimum Gasteiger partial charge on any atom is -0.369 e. The van der Waals surface area contributed by atoms with Crippen LogP contribution in [-0.2, 0) is 35.1 Å². The zero-order chi connectivity index (χ0) is 18.8. The van der Waals surface area contributed by atoms with Crippen LogP contribution in [0, 0.1) is 6.92 Å². The van der Waals surface area contributed by atoms with Crippen molar-refractivity contribution in [1.29, 1.82) is 0 Å². The molecule has 0 fully saturated rings. The Kier molecular flexibility index (Phi) is 8.21. The van der Waals surface area contributed by atoms with E-state index in [2.05, 4.69) is 0 Å². The van der Waals surface area contributed by atoms with Crippen LogP contribution in [0.3, 0.4) is 0 Å². The third-order valence-electron chi connectivity index (χ3n) is 3.55. The summed E-state index contributed by atoms with van der Waals surface area (Å²) in [5.74, 6) is 0. The van der Waals surface area contributed by atoms with Gasteiger partial charge in [-0.15, -0.1) is 0 Å². The quantitative estimate of drug-likeness (QED) is 0.339. The Hall–Kier alpha value is -1.77. The van der Waals surface area contributed by atoms with Crippen LogP contribution in [0.15, 0.2) is 59.5 Å². The summed E-state index contributed by atoms with van der Waals surface area (Å²) in [5, 5.41) is 0. The van der Waals surface area contributed by atoms with Crippen LogP contribution >= 0.6 is 0 Å². The van der Waals surface area contributed by atoms with Gasteiger partial charge < -0.3 is 14.2 Å². The number of methoxy groups -OCH3 is 1. The monoisotopic (exact) mass is 380 g/mol. The van der Waals surface area contributed by atoms with E-state index >= 15 is 0 Å². The van der Waals surface area contributed by atoms with Crippen LogP contribution in [0.4, 0.5) is 0 Å². The highest BCUT2D eigenvalue weighted by molar-refractivity contribution is 7.86. The molecule has 2 rings (SSSR count). The summed E-state index contributed by atoms with van der Waals surface area (Å²) in [5.41, 5.74) is 1.95. The van der Waals surface area contributed by atoms with Crippen LogP contribution < -0.4 is 0 Å². The average Bonchev–Trinajstić information content (AvgIpc) is 2.65. The van der Waals surface area contributed by atoms with Gasteiger partial charge in [-0.1, -0.05) is 48.0 Å². The molecule has 26 heavy (non-hydrogen) atoms. The molecule has 0 saturated heterocycles. The highest BCUT2D eigenvalue weighted by atomic mass is 32.2. The van der Waals surface area contributed by atoms with Gasteiger partial charge in [0.25, 0.3) is 10.1 Å². The molecule has 7 heteroatoms. The van der Waals surface area contributed by atoms with Gasteiger partial charge in [-0.25, -0.2) is 0 Å². The van der Waals surface area contributed by atoms with Crippen molar-refractivity contribution in [3.8, 4) is 0 Å². The summed E-state index contributed by atoms with van der Waals surface area (Å²) in [6, 6.07) is 16.1. The molecule has 0 aliphatic heterocycles. The van der Waals surface area contributed by atoms with E-state index in [1.807, 2.05) is 37.3 Å². The molecule has 0 N–H and O–H groups in total. The van der Waals surface area contributed by atoms with Gasteiger partial charge in [-0.2, -0.15) is 8.42 Å². The second-order valence-electron chi connectivity index (χ2n) is 5.75. The molecule has 0 bridgehead atoms. The van der Waals surface area contributed by atoms with E-state index in [0.717, 1.165) is 11.1 Å². The van der Waals surface area contributed by atoms with Gasteiger partial charge in [0.05, 0.1) is 24.7 Å². The van der Waals surface area contributed by atoms with Crippen molar-refractivity contribution >= 4 is 10.1 Å². The van der Waals surface area contributed by atoms with E-state index in [-0.39, 0.29) is 24.9 Å². The van der Waals surface area contributed by atoms with Gasteiger partial charge in [-0.05, 0) is 24.6 Å². The highest BCUT2D eigenvalue weighted by Crippen LogP contribution is 2.14. The zero-order valence-electron chi connectivity index (χ0n) is 15.0. The first-order chi connectivity index (χ1) is 12.5. The number of hydrogen-bond acceptors (Lipinski definition) is 6. The lowest BCUT2D eigenvalue weighted by atomic mass is 10.2. The van der Waals surface area contributed by atoms with Gasteiger partial charge in [0, 0.05) is 7.11 Å². The minimum absolute atomic E-state index is 0.0932. The van der Waals surface area contributed by atoms with Crippen LogP contribution in [0.25, 0.3) is 0 Å². The van der Waals surface area contributed by atoms with E-state index in [1.165, 1.54) is 19.2 Å². The predicted octanol–water partition coefficient (Wildman–Crippen LogP) is 2.91. The Labute approximate surface area is 154 Å². The summed E-state index contributed by atoms with van der Waals surface area (Å²) in [4.78, 5) is 0.114. The van der Waals surface area contributed by atoms with Crippen LogP contribution in [0.1, 0.15) is 11.1 Å². The molecular formula is C19H24O6S. The van der Waals surface area contributed by atoms with Crippen LogP contribution in [0.5, 0.6) is 0 Å². The van der Waals surface area contributed by atoms with Crippen molar-refractivity contribution in [3.05, 3.63) is 65.7 Å². The molecule has 0 aliphatic carbocycles. The molecule has 2 aromatic rings. The summed E-state index contributed by atoms with van der Waals surface area (Å²) < 4.78 is 45.7. The van der Waals surface area contributed by atoms with Crippen molar-refractivity contribution in [2.75, 3.05) is 27.1 Å². The molecule has 0 radical (unpaired) electrons. The maximum Gasteiger partial charge on any atom is 0.297 e. The fraction of sp³-hybridized carbons (Fsp3) is 0.368. The Morgan fingerprint density at radius 1 is 0.962 bits per heavy atom. The average molecular weight is 380 g/mol. The van der Waals surface area contributed by atoms with Crippen molar-refractivity contribution in [1.82, 2.24) is 0 Å². The molecule has 0 saturated carbocycles. The molecule has 6 nitrogen and oxygen atoms in total. The fourth-order valence-electron chi connectivity index (χ4n) is 2.13. The molecule has 0 aliphatic rings. The lowest BCUT2D eigenvalue weighted by Gasteiger charge is -2.18. The Morgan fingerprint density at radius 2 is 1.65 bits per heavy atom. The van der Waals surface area contributed by atoms with E-state index in [0.29, 0.717) is 6.61 Å². The second kappa shape index (κ2) is 10.4. The molecule has 1 atom stereocenters. The molecule has 142 valence electrons. The molecule has 0 heterocycles. The second-order valence-corrected chi connectivity index (χ2v) is 7.36. The maximum absolute atomic E-state index is 12.3. The Morgan fingerprint density at radius 3 is 2.31 bits per heavy atom. The van der Waals surface area contributed by atoms with Gasteiger partial charge in [0.2, 0.25) is 0 Å². The Bertz CT molecular complexity index is 743. The highest BCUT2D eigenvalue weighted by Gasteiger charge is 2.19. The maximum atomic E-state index is 12.3. The lowest BCUT2D eigenvalue weighted by molar-refractivity contribution is -0.0918. The third-order valence-corrected chi connectivity index (χ3v) is 4.85. The molecule has 0 spiro atoms. The molecular weight excluding hydrogens is 356 g/mol. The number of ether oxygens (including phenoxy) is 3. The van der Waals surface area contributed by atoms with E-state index in [9.17, 15) is 8.42 Å². The van der Waals surface area contributed by atoms with Gasteiger partial charge >= 0.3 is 0 Å². The van der Waals surface area contributed by atoms with Crippen LogP contribution in [-0.4, -0.2) is 41.6 Å². The van der Waals surface area contributed by atoms with Crippen molar-refractivity contribution in [2.24, 2.45) is 0 Å². The zero-order valence-corrected chi connectivity index (χ0v) is 15.8. The van der Waals surface area contributed by atoms with E-state index < -0.39 is 16.2 Å². The number of aryl methyl sites for hydroxylation is 1. The van der Waals surface area contributed by atoms with Gasteiger partial charge in [0.1, 0.15) is 12.9 Å². The molecule has 0 aromatic heterocycles. The third kappa shape index (κ3) is 6.86. The molecule has 0 amide bonds. The normalized spacial score (nSPS) is 12.8. The first kappa shape index (κ1) is 20.5. The van der Waals surface area contributed by atoms with Crippen molar-refractivity contribution in [2.45, 2.75) is 24.5 Å².